The summed E-state index contributed by atoms with van der Waals surface area (Å²) in [4.78, 5) is 0. The Morgan fingerprint density at radius 3 is 2.57 bits per heavy atom. The van der Waals surface area contributed by atoms with Gasteiger partial charge in [-0.1, -0.05) is 24.3 Å². The molecule has 14 heavy (non-hydrogen) atoms. The maximum absolute atomic E-state index is 6.08. The van der Waals surface area contributed by atoms with Crippen molar-refractivity contribution in [1.82, 2.24) is 0 Å². The molecule has 1 aliphatic rings. The van der Waals surface area contributed by atoms with Crippen LogP contribution in [0.2, 0.25) is 0 Å². The Morgan fingerprint density at radius 2 is 2.07 bits per heavy atom. The molecule has 76 valence electrons. The highest BCUT2D eigenvalue weighted by Gasteiger charge is 2.22. The van der Waals surface area contributed by atoms with Crippen molar-refractivity contribution in [2.45, 2.75) is 25.3 Å². The molecule has 1 aromatic carbocycles. The van der Waals surface area contributed by atoms with Gasteiger partial charge in [-0.3, -0.25) is 0 Å². The first-order valence-electron chi connectivity index (χ1n) is 5.04. The summed E-state index contributed by atoms with van der Waals surface area (Å²) in [5, 5.41) is 0. The van der Waals surface area contributed by atoms with Gasteiger partial charge in [-0.25, -0.2) is 0 Å². The summed E-state index contributed by atoms with van der Waals surface area (Å²) in [6, 6.07) is 8.74. The minimum Gasteiger partial charge on any atom is -0.322 e. The van der Waals surface area contributed by atoms with Crippen LogP contribution in [0.3, 0.4) is 0 Å². The molecule has 1 aliphatic heterocycles. The molecule has 2 heteroatoms. The van der Waals surface area contributed by atoms with Gasteiger partial charge in [0.1, 0.15) is 0 Å². The Balaban J connectivity index is 2.26. The summed E-state index contributed by atoms with van der Waals surface area (Å²) in [6.07, 6.45) is 0. The SMILES string of the molecule is CC(C)(N)c1cccc(C2CSC2)c1. The summed E-state index contributed by atoms with van der Waals surface area (Å²) >= 11 is 2.02. The van der Waals surface area contributed by atoms with E-state index in [2.05, 4.69) is 38.1 Å². The van der Waals surface area contributed by atoms with E-state index >= 15 is 0 Å². The van der Waals surface area contributed by atoms with Crippen molar-refractivity contribution in [3.63, 3.8) is 0 Å². The van der Waals surface area contributed by atoms with E-state index in [9.17, 15) is 0 Å². The van der Waals surface area contributed by atoms with Gasteiger partial charge >= 0.3 is 0 Å². The van der Waals surface area contributed by atoms with E-state index < -0.39 is 0 Å². The van der Waals surface area contributed by atoms with E-state index in [-0.39, 0.29) is 5.54 Å². The Morgan fingerprint density at radius 1 is 1.36 bits per heavy atom. The molecular weight excluding hydrogens is 190 g/mol. The van der Waals surface area contributed by atoms with Gasteiger partial charge in [-0.15, -0.1) is 0 Å². The van der Waals surface area contributed by atoms with Gasteiger partial charge < -0.3 is 5.73 Å². The molecule has 0 unspecified atom stereocenters. The van der Waals surface area contributed by atoms with Crippen molar-refractivity contribution in [3.8, 4) is 0 Å². The Kier molecular flexibility index (Phi) is 2.58. The molecule has 0 radical (unpaired) electrons. The minimum atomic E-state index is -0.215. The molecule has 1 fully saturated rings. The second-order valence-electron chi connectivity index (χ2n) is 4.58. The normalized spacial score (nSPS) is 17.9. The van der Waals surface area contributed by atoms with E-state index in [0.29, 0.717) is 0 Å². The van der Waals surface area contributed by atoms with Gasteiger partial charge in [0, 0.05) is 23.0 Å². The molecule has 1 saturated heterocycles. The highest BCUT2D eigenvalue weighted by molar-refractivity contribution is 8.00. The molecule has 2 rings (SSSR count). The molecule has 0 atom stereocenters. The first-order chi connectivity index (χ1) is 6.57. The van der Waals surface area contributed by atoms with Crippen LogP contribution in [-0.4, -0.2) is 11.5 Å². The molecular formula is C12H17NS. The van der Waals surface area contributed by atoms with Crippen LogP contribution in [0.25, 0.3) is 0 Å². The molecule has 0 saturated carbocycles. The van der Waals surface area contributed by atoms with Gasteiger partial charge in [-0.2, -0.15) is 11.8 Å². The fourth-order valence-corrected chi connectivity index (χ4v) is 2.48. The third kappa shape index (κ3) is 1.96. The first kappa shape index (κ1) is 10.1. The summed E-state index contributed by atoms with van der Waals surface area (Å²) in [5.74, 6) is 3.31. The molecule has 0 spiro atoms. The number of hydrogen-bond acceptors (Lipinski definition) is 2. The Bertz CT molecular complexity index is 323. The maximum atomic E-state index is 6.08. The molecule has 1 aromatic rings. The first-order valence-corrected chi connectivity index (χ1v) is 6.20. The lowest BCUT2D eigenvalue weighted by Crippen LogP contribution is -2.29. The van der Waals surface area contributed by atoms with E-state index in [0.717, 1.165) is 5.92 Å². The lowest BCUT2D eigenvalue weighted by atomic mass is 9.91. The van der Waals surface area contributed by atoms with Crippen LogP contribution in [0.4, 0.5) is 0 Å². The van der Waals surface area contributed by atoms with Gasteiger partial charge in [0.15, 0.2) is 0 Å². The summed E-state index contributed by atoms with van der Waals surface area (Å²) < 4.78 is 0. The highest BCUT2D eigenvalue weighted by atomic mass is 32.2. The van der Waals surface area contributed by atoms with Gasteiger partial charge in [0.25, 0.3) is 0 Å². The molecule has 0 amide bonds. The van der Waals surface area contributed by atoms with Crippen molar-refractivity contribution in [2.24, 2.45) is 5.73 Å². The van der Waals surface area contributed by atoms with Gasteiger partial charge in [0.05, 0.1) is 0 Å². The summed E-state index contributed by atoms with van der Waals surface area (Å²) in [7, 11) is 0. The zero-order chi connectivity index (χ0) is 10.2. The van der Waals surface area contributed by atoms with E-state index in [4.69, 9.17) is 5.73 Å². The second kappa shape index (κ2) is 3.59. The van der Waals surface area contributed by atoms with E-state index in [1.807, 2.05) is 11.8 Å². The van der Waals surface area contributed by atoms with Crippen molar-refractivity contribution in [1.29, 1.82) is 0 Å². The van der Waals surface area contributed by atoms with E-state index in [1.165, 1.54) is 22.6 Å². The quantitative estimate of drug-likeness (QED) is 0.807. The lowest BCUT2D eigenvalue weighted by molar-refractivity contribution is 0.553. The molecule has 1 heterocycles. The third-order valence-corrected chi connectivity index (χ3v) is 4.02. The van der Waals surface area contributed by atoms with Crippen LogP contribution in [0.15, 0.2) is 24.3 Å². The number of hydrogen-bond donors (Lipinski definition) is 1. The zero-order valence-corrected chi connectivity index (χ0v) is 9.60. The van der Waals surface area contributed by atoms with Crippen LogP contribution in [0.5, 0.6) is 0 Å². The summed E-state index contributed by atoms with van der Waals surface area (Å²) in [6.45, 7) is 4.11. The Labute approximate surface area is 90.1 Å². The van der Waals surface area contributed by atoms with Crippen LogP contribution < -0.4 is 5.73 Å². The number of benzene rings is 1. The molecule has 0 aromatic heterocycles. The van der Waals surface area contributed by atoms with E-state index in [1.54, 1.807) is 0 Å². The second-order valence-corrected chi connectivity index (χ2v) is 5.66. The fourth-order valence-electron chi connectivity index (χ4n) is 1.62. The van der Waals surface area contributed by atoms with Gasteiger partial charge in [-0.05, 0) is 25.0 Å². The minimum absolute atomic E-state index is 0.215. The van der Waals surface area contributed by atoms with Crippen LogP contribution >= 0.6 is 11.8 Å². The van der Waals surface area contributed by atoms with Crippen LogP contribution in [0, 0.1) is 0 Å². The van der Waals surface area contributed by atoms with Gasteiger partial charge in [0.2, 0.25) is 0 Å². The summed E-state index contributed by atoms with van der Waals surface area (Å²) in [5.41, 5.74) is 8.57. The van der Waals surface area contributed by atoms with Crippen molar-refractivity contribution < 1.29 is 0 Å². The van der Waals surface area contributed by atoms with Crippen molar-refractivity contribution in [2.75, 3.05) is 11.5 Å². The average molecular weight is 207 g/mol. The molecule has 1 nitrogen and oxygen atoms in total. The van der Waals surface area contributed by atoms with Crippen LogP contribution in [0.1, 0.15) is 30.9 Å². The maximum Gasteiger partial charge on any atom is 0.0352 e. The number of nitrogens with two attached hydrogens (primary N) is 1. The number of thioether (sulfide) groups is 1. The predicted octanol–water partition coefficient (Wildman–Crippen LogP) is 2.71. The molecule has 0 bridgehead atoms. The zero-order valence-electron chi connectivity index (χ0n) is 8.79. The van der Waals surface area contributed by atoms with Crippen molar-refractivity contribution >= 4 is 11.8 Å². The predicted molar refractivity (Wildman–Crippen MR) is 63.7 cm³/mol. The molecule has 2 N–H and O–H groups in total. The van der Waals surface area contributed by atoms with Crippen molar-refractivity contribution in [3.05, 3.63) is 35.4 Å². The Hall–Kier alpha value is -0.470. The van der Waals surface area contributed by atoms with Crippen LogP contribution in [-0.2, 0) is 5.54 Å². The number of rotatable bonds is 2. The topological polar surface area (TPSA) is 26.0 Å². The smallest absolute Gasteiger partial charge is 0.0352 e. The molecule has 0 aliphatic carbocycles. The third-order valence-electron chi connectivity index (χ3n) is 2.74. The highest BCUT2D eigenvalue weighted by Crippen LogP contribution is 2.34. The standard InChI is InChI=1S/C12H17NS/c1-12(2,13)11-5-3-4-9(6-11)10-7-14-8-10/h3-6,10H,7-8,13H2,1-2H3. The average Bonchev–Trinajstić information content (AvgIpc) is 2.00. The fraction of sp³-hybridized carbons (Fsp3) is 0.500. The lowest BCUT2D eigenvalue weighted by Gasteiger charge is -2.27. The largest absolute Gasteiger partial charge is 0.322 e. The monoisotopic (exact) mass is 207 g/mol.